The summed E-state index contributed by atoms with van der Waals surface area (Å²) < 4.78 is 6.43. The summed E-state index contributed by atoms with van der Waals surface area (Å²) in [7, 11) is 3.69. The standard InChI is InChI=1S/C14H16BrNOS/c1-16-14(8-13-7-11(15)9-18-13)10-4-3-5-12(6-10)17-2/h3-7,9,14,16H,8H2,1-2H3. The van der Waals surface area contributed by atoms with Crippen molar-refractivity contribution in [1.82, 2.24) is 5.32 Å². The molecule has 0 saturated heterocycles. The van der Waals surface area contributed by atoms with E-state index in [1.807, 2.05) is 19.2 Å². The van der Waals surface area contributed by atoms with Crippen molar-refractivity contribution in [1.29, 1.82) is 0 Å². The second-order valence-corrected chi connectivity index (χ2v) is 5.96. The van der Waals surface area contributed by atoms with Gasteiger partial charge in [0.05, 0.1) is 7.11 Å². The lowest BCUT2D eigenvalue weighted by atomic mass is 10.0. The Kier molecular flexibility index (Phi) is 4.80. The Morgan fingerprint density at radius 1 is 1.39 bits per heavy atom. The molecular formula is C14H16BrNOS. The van der Waals surface area contributed by atoms with Crippen molar-refractivity contribution in [3.05, 3.63) is 50.6 Å². The third-order valence-corrected chi connectivity index (χ3v) is 4.59. The molecule has 0 aliphatic heterocycles. The molecule has 2 rings (SSSR count). The Balaban J connectivity index is 2.17. The highest BCUT2D eigenvalue weighted by Crippen LogP contribution is 2.26. The van der Waals surface area contributed by atoms with Gasteiger partial charge in [-0.1, -0.05) is 12.1 Å². The van der Waals surface area contributed by atoms with Crippen molar-refractivity contribution in [3.8, 4) is 5.75 Å². The molecule has 18 heavy (non-hydrogen) atoms. The highest BCUT2D eigenvalue weighted by Gasteiger charge is 2.12. The number of halogens is 1. The number of methoxy groups -OCH3 is 1. The number of thiophene rings is 1. The van der Waals surface area contributed by atoms with Gasteiger partial charge in [0, 0.05) is 27.2 Å². The summed E-state index contributed by atoms with van der Waals surface area (Å²) in [6.45, 7) is 0. The number of benzene rings is 1. The third-order valence-electron chi connectivity index (χ3n) is 2.87. The first-order valence-electron chi connectivity index (χ1n) is 5.77. The van der Waals surface area contributed by atoms with Gasteiger partial charge in [-0.3, -0.25) is 0 Å². The van der Waals surface area contributed by atoms with Crippen LogP contribution in [0.5, 0.6) is 5.75 Å². The number of ether oxygens (including phenoxy) is 1. The van der Waals surface area contributed by atoms with Crippen LogP contribution < -0.4 is 10.1 Å². The minimum absolute atomic E-state index is 0.311. The van der Waals surface area contributed by atoms with E-state index in [-0.39, 0.29) is 0 Å². The van der Waals surface area contributed by atoms with Gasteiger partial charge >= 0.3 is 0 Å². The maximum atomic E-state index is 5.27. The van der Waals surface area contributed by atoms with E-state index in [4.69, 9.17) is 4.74 Å². The molecule has 2 nitrogen and oxygen atoms in total. The van der Waals surface area contributed by atoms with E-state index in [0.717, 1.165) is 16.6 Å². The summed E-state index contributed by atoms with van der Waals surface area (Å²) >= 11 is 5.27. The Hall–Kier alpha value is -0.840. The van der Waals surface area contributed by atoms with Gasteiger partial charge in [-0.15, -0.1) is 11.3 Å². The number of likely N-dealkylation sites (N-methyl/N-ethyl adjacent to an activating group) is 1. The highest BCUT2D eigenvalue weighted by atomic mass is 79.9. The Labute approximate surface area is 120 Å². The number of hydrogen-bond donors (Lipinski definition) is 1. The monoisotopic (exact) mass is 325 g/mol. The summed E-state index contributed by atoms with van der Waals surface area (Å²) in [5.74, 6) is 0.903. The van der Waals surface area contributed by atoms with E-state index in [1.54, 1.807) is 18.4 Å². The fourth-order valence-corrected chi connectivity index (χ4v) is 3.41. The molecule has 96 valence electrons. The molecule has 0 fully saturated rings. The topological polar surface area (TPSA) is 21.3 Å². The first-order valence-corrected chi connectivity index (χ1v) is 7.44. The first kappa shape index (κ1) is 13.6. The van der Waals surface area contributed by atoms with E-state index in [2.05, 4.69) is 44.8 Å². The molecule has 0 bridgehead atoms. The van der Waals surface area contributed by atoms with E-state index >= 15 is 0 Å². The van der Waals surface area contributed by atoms with Crippen LogP contribution in [0.1, 0.15) is 16.5 Å². The van der Waals surface area contributed by atoms with Crippen LogP contribution in [-0.2, 0) is 6.42 Å². The van der Waals surface area contributed by atoms with E-state index in [9.17, 15) is 0 Å². The maximum absolute atomic E-state index is 5.27. The predicted molar refractivity (Wildman–Crippen MR) is 80.5 cm³/mol. The number of hydrogen-bond acceptors (Lipinski definition) is 3. The second kappa shape index (κ2) is 6.36. The molecule has 0 spiro atoms. The molecule has 1 unspecified atom stereocenters. The average molecular weight is 326 g/mol. The maximum Gasteiger partial charge on any atom is 0.119 e. The smallest absolute Gasteiger partial charge is 0.119 e. The molecule has 4 heteroatoms. The normalized spacial score (nSPS) is 12.4. The molecule has 0 amide bonds. The Morgan fingerprint density at radius 2 is 2.22 bits per heavy atom. The molecule has 1 heterocycles. The van der Waals surface area contributed by atoms with Gasteiger partial charge in [-0.2, -0.15) is 0 Å². The lowest BCUT2D eigenvalue weighted by molar-refractivity contribution is 0.413. The van der Waals surface area contributed by atoms with Gasteiger partial charge in [0.1, 0.15) is 5.75 Å². The summed E-state index contributed by atoms with van der Waals surface area (Å²) in [4.78, 5) is 1.36. The van der Waals surface area contributed by atoms with Crippen molar-refractivity contribution in [2.24, 2.45) is 0 Å². The molecule has 2 aromatic rings. The fraction of sp³-hybridized carbons (Fsp3) is 0.286. The summed E-state index contributed by atoms with van der Waals surface area (Å²) in [6.07, 6.45) is 0.986. The van der Waals surface area contributed by atoms with Crippen LogP contribution in [0.25, 0.3) is 0 Å². The molecule has 0 radical (unpaired) electrons. The van der Waals surface area contributed by atoms with Gasteiger partial charge < -0.3 is 10.1 Å². The van der Waals surface area contributed by atoms with Crippen LogP contribution in [0.2, 0.25) is 0 Å². The van der Waals surface area contributed by atoms with Gasteiger partial charge in [0.2, 0.25) is 0 Å². The number of rotatable bonds is 5. The average Bonchev–Trinajstić information content (AvgIpc) is 2.81. The van der Waals surface area contributed by atoms with Gasteiger partial charge in [-0.25, -0.2) is 0 Å². The summed E-state index contributed by atoms with van der Waals surface area (Å²) in [6, 6.07) is 10.7. The minimum atomic E-state index is 0.311. The van der Waals surface area contributed by atoms with Crippen molar-refractivity contribution >= 4 is 27.3 Å². The third kappa shape index (κ3) is 3.34. The van der Waals surface area contributed by atoms with Gasteiger partial charge in [-0.05, 0) is 46.7 Å². The minimum Gasteiger partial charge on any atom is -0.497 e. The number of nitrogens with one attached hydrogen (secondary N) is 1. The summed E-state index contributed by atoms with van der Waals surface area (Å²) in [5, 5.41) is 5.48. The zero-order valence-electron chi connectivity index (χ0n) is 10.4. The molecule has 0 saturated carbocycles. The van der Waals surface area contributed by atoms with Crippen LogP contribution >= 0.6 is 27.3 Å². The first-order chi connectivity index (χ1) is 8.72. The molecule has 0 aliphatic rings. The van der Waals surface area contributed by atoms with Gasteiger partial charge in [0.15, 0.2) is 0 Å². The van der Waals surface area contributed by atoms with Crippen LogP contribution in [0.4, 0.5) is 0 Å². The zero-order valence-corrected chi connectivity index (χ0v) is 12.8. The van der Waals surface area contributed by atoms with Crippen molar-refractivity contribution in [3.63, 3.8) is 0 Å². The molecule has 1 aromatic carbocycles. The van der Waals surface area contributed by atoms with E-state index < -0.39 is 0 Å². The lowest BCUT2D eigenvalue weighted by Gasteiger charge is -2.16. The fourth-order valence-electron chi connectivity index (χ4n) is 1.91. The molecule has 1 N–H and O–H groups in total. The largest absolute Gasteiger partial charge is 0.497 e. The summed E-state index contributed by atoms with van der Waals surface area (Å²) in [5.41, 5.74) is 1.25. The molecule has 0 aliphatic carbocycles. The molecule has 1 aromatic heterocycles. The van der Waals surface area contributed by atoms with Crippen molar-refractivity contribution in [2.75, 3.05) is 14.2 Å². The van der Waals surface area contributed by atoms with Gasteiger partial charge in [0.25, 0.3) is 0 Å². The SMILES string of the molecule is CNC(Cc1cc(Br)cs1)c1cccc(OC)c1. The highest BCUT2D eigenvalue weighted by molar-refractivity contribution is 9.10. The van der Waals surface area contributed by atoms with Crippen LogP contribution in [0.3, 0.4) is 0 Å². The van der Waals surface area contributed by atoms with Crippen molar-refractivity contribution in [2.45, 2.75) is 12.5 Å². The van der Waals surface area contributed by atoms with Crippen LogP contribution in [0.15, 0.2) is 40.2 Å². The molecular weight excluding hydrogens is 310 g/mol. The van der Waals surface area contributed by atoms with Crippen LogP contribution in [-0.4, -0.2) is 14.2 Å². The Morgan fingerprint density at radius 3 is 2.83 bits per heavy atom. The van der Waals surface area contributed by atoms with Crippen molar-refractivity contribution < 1.29 is 4.74 Å². The molecule has 1 atom stereocenters. The lowest BCUT2D eigenvalue weighted by Crippen LogP contribution is -2.18. The van der Waals surface area contributed by atoms with Crippen LogP contribution in [0, 0.1) is 0 Å². The van der Waals surface area contributed by atoms with E-state index in [1.165, 1.54) is 10.4 Å². The zero-order chi connectivity index (χ0) is 13.0. The van der Waals surface area contributed by atoms with E-state index in [0.29, 0.717) is 6.04 Å². The second-order valence-electron chi connectivity index (χ2n) is 4.05. The predicted octanol–water partition coefficient (Wildman–Crippen LogP) is 4.02. The Bertz CT molecular complexity index is 512. The quantitative estimate of drug-likeness (QED) is 0.896.